The van der Waals surface area contributed by atoms with E-state index in [4.69, 9.17) is 5.73 Å². The van der Waals surface area contributed by atoms with Gasteiger partial charge in [0.25, 0.3) is 0 Å². The monoisotopic (exact) mass is 242 g/mol. The molecule has 0 aromatic heterocycles. The molecule has 0 saturated heterocycles. The molecule has 4 nitrogen and oxygen atoms in total. The molecule has 0 aliphatic rings. The molecule has 0 spiro atoms. The van der Waals surface area contributed by atoms with E-state index in [1.807, 2.05) is 6.07 Å². The fraction of sp³-hybridized carbons (Fsp3) is 0. The Balaban J connectivity index is 2.65. The standard InChI is InChI=1S/C8H8N3OSe/c9-8(13)11-10-7(12)6-4-2-1-3-5-6/h1-5H,(H2,9,11)(H,10,12). The maximum absolute atomic E-state index is 11.3. The van der Waals surface area contributed by atoms with Gasteiger partial charge in [0.15, 0.2) is 0 Å². The van der Waals surface area contributed by atoms with Gasteiger partial charge in [0, 0.05) is 0 Å². The van der Waals surface area contributed by atoms with Crippen molar-refractivity contribution in [3.05, 3.63) is 35.9 Å². The first kappa shape index (κ1) is 9.77. The van der Waals surface area contributed by atoms with Crippen LogP contribution in [0.2, 0.25) is 0 Å². The molecule has 0 bridgehead atoms. The fourth-order valence-corrected chi connectivity index (χ4v) is 0.856. The number of carbonyl (C=O) groups is 1. The molecule has 0 heterocycles. The van der Waals surface area contributed by atoms with Crippen molar-refractivity contribution in [3.8, 4) is 0 Å². The minimum atomic E-state index is -0.279. The second-order valence-electron chi connectivity index (χ2n) is 2.26. The molecule has 67 valence electrons. The number of nitrogens with zero attached hydrogens (tertiary/aromatic N) is 1. The van der Waals surface area contributed by atoms with Gasteiger partial charge in [-0.15, -0.1) is 0 Å². The average Bonchev–Trinajstić information content (AvgIpc) is 2.15. The Morgan fingerprint density at radius 1 is 1.38 bits per heavy atom. The molecule has 0 atom stereocenters. The molecular formula is C8H8N3OSe. The number of amidine groups is 1. The Kier molecular flexibility index (Phi) is 3.49. The van der Waals surface area contributed by atoms with Crippen LogP contribution >= 0.6 is 0 Å². The third-order valence-corrected chi connectivity index (χ3v) is 1.50. The number of hydrazone groups is 1. The van der Waals surface area contributed by atoms with Crippen LogP contribution in [0.25, 0.3) is 0 Å². The molecule has 0 saturated carbocycles. The summed E-state index contributed by atoms with van der Waals surface area (Å²) in [5, 5.41) is 3.54. The Bertz CT molecular complexity index is 319. The number of amides is 1. The number of nitrogens with two attached hydrogens (primary N) is 1. The minimum absolute atomic E-state index is 0.198. The van der Waals surface area contributed by atoms with E-state index < -0.39 is 0 Å². The van der Waals surface area contributed by atoms with Gasteiger partial charge >= 0.3 is 83.6 Å². The molecule has 1 radical (unpaired) electrons. The third kappa shape index (κ3) is 3.27. The van der Waals surface area contributed by atoms with Gasteiger partial charge in [-0.3, -0.25) is 0 Å². The quantitative estimate of drug-likeness (QED) is 0.326. The Hall–Kier alpha value is -1.32. The zero-order valence-electron chi connectivity index (χ0n) is 6.73. The molecule has 1 rings (SSSR count). The first-order chi connectivity index (χ1) is 6.20. The maximum atomic E-state index is 11.3. The fourth-order valence-electron chi connectivity index (χ4n) is 0.760. The van der Waals surface area contributed by atoms with Crippen LogP contribution in [0.3, 0.4) is 0 Å². The molecule has 3 N–H and O–H groups in total. The van der Waals surface area contributed by atoms with Crippen LogP contribution in [-0.2, 0) is 0 Å². The number of hydrogen-bond acceptors (Lipinski definition) is 2. The average molecular weight is 241 g/mol. The summed E-state index contributed by atoms with van der Waals surface area (Å²) < 4.78 is 0.198. The molecule has 1 aromatic rings. The first-order valence-corrected chi connectivity index (χ1v) is 4.41. The summed E-state index contributed by atoms with van der Waals surface area (Å²) >= 11 is 2.46. The Morgan fingerprint density at radius 2 is 2.00 bits per heavy atom. The predicted octanol–water partition coefficient (Wildman–Crippen LogP) is -0.185. The van der Waals surface area contributed by atoms with Crippen molar-refractivity contribution < 1.29 is 4.79 Å². The third-order valence-electron chi connectivity index (χ3n) is 1.30. The van der Waals surface area contributed by atoms with Crippen molar-refractivity contribution in [2.24, 2.45) is 10.8 Å². The summed E-state index contributed by atoms with van der Waals surface area (Å²) in [6, 6.07) is 8.78. The van der Waals surface area contributed by atoms with Crippen molar-refractivity contribution in [1.29, 1.82) is 0 Å². The second-order valence-corrected chi connectivity index (χ2v) is 3.13. The Labute approximate surface area is 84.0 Å². The van der Waals surface area contributed by atoms with Crippen LogP contribution in [-0.4, -0.2) is 26.7 Å². The van der Waals surface area contributed by atoms with Gasteiger partial charge in [-0.1, -0.05) is 0 Å². The van der Waals surface area contributed by atoms with Crippen LogP contribution < -0.4 is 11.2 Å². The molecule has 0 fully saturated rings. The van der Waals surface area contributed by atoms with E-state index in [1.165, 1.54) is 0 Å². The van der Waals surface area contributed by atoms with E-state index in [0.717, 1.165) is 0 Å². The number of benzene rings is 1. The van der Waals surface area contributed by atoms with E-state index in [-0.39, 0.29) is 10.6 Å². The van der Waals surface area contributed by atoms with E-state index in [9.17, 15) is 4.79 Å². The molecule has 0 aliphatic carbocycles. The summed E-state index contributed by atoms with van der Waals surface area (Å²) in [7, 11) is 0. The van der Waals surface area contributed by atoms with E-state index in [0.29, 0.717) is 5.56 Å². The van der Waals surface area contributed by atoms with E-state index in [1.54, 1.807) is 24.3 Å². The summed E-state index contributed by atoms with van der Waals surface area (Å²) in [5.41, 5.74) is 8.04. The molecule has 1 aromatic carbocycles. The predicted molar refractivity (Wildman–Crippen MR) is 51.3 cm³/mol. The van der Waals surface area contributed by atoms with Crippen molar-refractivity contribution in [2.75, 3.05) is 0 Å². The van der Waals surface area contributed by atoms with E-state index in [2.05, 4.69) is 26.5 Å². The van der Waals surface area contributed by atoms with E-state index >= 15 is 0 Å². The summed E-state index contributed by atoms with van der Waals surface area (Å²) in [4.78, 5) is 11.3. The van der Waals surface area contributed by atoms with Crippen molar-refractivity contribution in [2.45, 2.75) is 0 Å². The zero-order chi connectivity index (χ0) is 9.68. The van der Waals surface area contributed by atoms with Gasteiger partial charge in [-0.2, -0.15) is 0 Å². The van der Waals surface area contributed by atoms with Crippen LogP contribution in [0.5, 0.6) is 0 Å². The summed E-state index contributed by atoms with van der Waals surface area (Å²) in [5.74, 6) is -0.279. The second kappa shape index (κ2) is 4.64. The SMILES string of the molecule is NC([Se])=NNC(=O)c1ccccc1. The van der Waals surface area contributed by atoms with Gasteiger partial charge in [0.1, 0.15) is 0 Å². The van der Waals surface area contributed by atoms with Crippen LogP contribution in [0.4, 0.5) is 0 Å². The Morgan fingerprint density at radius 3 is 2.54 bits per heavy atom. The van der Waals surface area contributed by atoms with Gasteiger partial charge < -0.3 is 0 Å². The normalized spacial score (nSPS) is 10.9. The number of rotatable bonds is 2. The number of carbonyl (C=O) groups excluding carboxylic acids is 1. The van der Waals surface area contributed by atoms with Gasteiger partial charge in [-0.05, 0) is 0 Å². The van der Waals surface area contributed by atoms with Crippen LogP contribution in [0.1, 0.15) is 10.4 Å². The molecule has 5 heteroatoms. The van der Waals surface area contributed by atoms with Crippen molar-refractivity contribution in [1.82, 2.24) is 5.43 Å². The molecule has 0 unspecified atom stereocenters. The van der Waals surface area contributed by atoms with Crippen LogP contribution in [0, 0.1) is 0 Å². The molecule has 0 aliphatic heterocycles. The van der Waals surface area contributed by atoms with Crippen molar-refractivity contribution >= 4 is 26.7 Å². The van der Waals surface area contributed by atoms with Gasteiger partial charge in [-0.25, -0.2) is 0 Å². The summed E-state index contributed by atoms with van der Waals surface area (Å²) in [6.45, 7) is 0. The topological polar surface area (TPSA) is 67.5 Å². The molecule has 1 amide bonds. The van der Waals surface area contributed by atoms with Crippen molar-refractivity contribution in [3.63, 3.8) is 0 Å². The first-order valence-electron chi connectivity index (χ1n) is 3.55. The van der Waals surface area contributed by atoms with Gasteiger partial charge in [0.05, 0.1) is 0 Å². The number of hydrogen-bond donors (Lipinski definition) is 2. The van der Waals surface area contributed by atoms with Gasteiger partial charge in [0.2, 0.25) is 0 Å². The van der Waals surface area contributed by atoms with Crippen LogP contribution in [0.15, 0.2) is 35.4 Å². The summed E-state index contributed by atoms with van der Waals surface area (Å²) in [6.07, 6.45) is 0. The number of nitrogens with one attached hydrogen (secondary N) is 1. The zero-order valence-corrected chi connectivity index (χ0v) is 8.44. The molecular weight excluding hydrogens is 233 g/mol. The molecule has 13 heavy (non-hydrogen) atoms.